The molecule has 0 radical (unpaired) electrons. The second kappa shape index (κ2) is 14.8. The molecule has 132 valence electrons. The van der Waals surface area contributed by atoms with Crippen LogP contribution in [0.15, 0.2) is 30.3 Å². The normalized spacial score (nSPS) is 15.0. The van der Waals surface area contributed by atoms with E-state index in [1.807, 2.05) is 0 Å². The Kier molecular flexibility index (Phi) is 13.0. The van der Waals surface area contributed by atoms with E-state index in [-0.39, 0.29) is 0 Å². The fourth-order valence-electron chi connectivity index (χ4n) is 3.17. The first-order chi connectivity index (χ1) is 11.4. The molecule has 0 spiro atoms. The van der Waals surface area contributed by atoms with Gasteiger partial charge in [0, 0.05) is 13.2 Å². The van der Waals surface area contributed by atoms with Crippen LogP contribution in [0, 0.1) is 0 Å². The van der Waals surface area contributed by atoms with Crippen molar-refractivity contribution in [3.8, 4) is 0 Å². The van der Waals surface area contributed by atoms with Crippen LogP contribution in [0.3, 0.4) is 0 Å². The highest BCUT2D eigenvalue weighted by Gasteiger charge is 2.14. The Morgan fingerprint density at radius 3 is 1.87 bits per heavy atom. The van der Waals surface area contributed by atoms with E-state index >= 15 is 0 Å². The minimum atomic E-state index is 0.861. The molecule has 1 saturated carbocycles. The molecule has 1 nitrogen and oxygen atoms in total. The standard InChI is InChI=1S/C12H16.C10H22O/c1-3-7-11(8-4-1)12-9-5-2-6-10-12;1-3-5-7-9-11-10-8-6-4-2/h1,3-4,7-8,12H,2,5-6,9-10H2;3-10H2,1-2H3. The van der Waals surface area contributed by atoms with Crippen molar-refractivity contribution in [2.24, 2.45) is 0 Å². The molecular weight excluding hydrogens is 280 g/mol. The zero-order valence-electron chi connectivity index (χ0n) is 15.6. The highest BCUT2D eigenvalue weighted by atomic mass is 16.5. The maximum Gasteiger partial charge on any atom is 0.0466 e. The third-order valence-electron chi connectivity index (χ3n) is 4.66. The lowest BCUT2D eigenvalue weighted by molar-refractivity contribution is 0.126. The van der Waals surface area contributed by atoms with Gasteiger partial charge < -0.3 is 4.74 Å². The molecule has 1 aliphatic carbocycles. The summed E-state index contributed by atoms with van der Waals surface area (Å²) < 4.78 is 5.44. The summed E-state index contributed by atoms with van der Waals surface area (Å²) in [6, 6.07) is 11.0. The Labute approximate surface area is 144 Å². The average Bonchev–Trinajstić information content (AvgIpc) is 2.63. The molecule has 1 fully saturated rings. The first kappa shape index (κ1) is 20.2. The third kappa shape index (κ3) is 10.5. The first-order valence-electron chi connectivity index (χ1n) is 10.0. The van der Waals surface area contributed by atoms with Gasteiger partial charge in [-0.1, -0.05) is 89.1 Å². The lowest BCUT2D eigenvalue weighted by Crippen LogP contribution is -2.03. The van der Waals surface area contributed by atoms with Crippen LogP contribution in [0.5, 0.6) is 0 Å². The molecule has 1 aromatic rings. The SMILES string of the molecule is CCCCCOCCCCC.c1ccc(C2CCCCC2)cc1. The van der Waals surface area contributed by atoms with Crippen molar-refractivity contribution in [3.05, 3.63) is 35.9 Å². The summed E-state index contributed by atoms with van der Waals surface area (Å²) in [6.45, 7) is 6.38. The van der Waals surface area contributed by atoms with E-state index in [0.717, 1.165) is 19.1 Å². The van der Waals surface area contributed by atoms with E-state index in [2.05, 4.69) is 44.2 Å². The van der Waals surface area contributed by atoms with Crippen LogP contribution in [-0.4, -0.2) is 13.2 Å². The monoisotopic (exact) mass is 318 g/mol. The van der Waals surface area contributed by atoms with Crippen molar-refractivity contribution in [2.45, 2.75) is 90.4 Å². The van der Waals surface area contributed by atoms with Gasteiger partial charge in [0.2, 0.25) is 0 Å². The molecule has 1 aromatic carbocycles. The molecule has 0 aliphatic heterocycles. The fourth-order valence-corrected chi connectivity index (χ4v) is 3.17. The summed E-state index contributed by atoms with van der Waals surface area (Å²) >= 11 is 0. The minimum Gasteiger partial charge on any atom is -0.381 e. The van der Waals surface area contributed by atoms with Crippen molar-refractivity contribution in [2.75, 3.05) is 13.2 Å². The van der Waals surface area contributed by atoms with Crippen molar-refractivity contribution in [1.82, 2.24) is 0 Å². The van der Waals surface area contributed by atoms with Gasteiger partial charge in [-0.3, -0.25) is 0 Å². The van der Waals surface area contributed by atoms with Crippen LogP contribution in [-0.2, 0) is 4.74 Å². The molecule has 23 heavy (non-hydrogen) atoms. The predicted molar refractivity (Wildman–Crippen MR) is 102 cm³/mol. The quantitative estimate of drug-likeness (QED) is 0.440. The summed E-state index contributed by atoms with van der Waals surface area (Å²) in [5, 5.41) is 0. The molecule has 2 rings (SSSR count). The van der Waals surface area contributed by atoms with E-state index < -0.39 is 0 Å². The van der Waals surface area contributed by atoms with Gasteiger partial charge in [0.1, 0.15) is 0 Å². The Balaban J connectivity index is 0.000000232. The van der Waals surface area contributed by atoms with E-state index in [1.165, 1.54) is 70.6 Å². The highest BCUT2D eigenvalue weighted by Crippen LogP contribution is 2.32. The molecule has 0 amide bonds. The lowest BCUT2D eigenvalue weighted by atomic mass is 9.84. The number of hydrogen-bond acceptors (Lipinski definition) is 1. The van der Waals surface area contributed by atoms with Crippen LogP contribution >= 0.6 is 0 Å². The van der Waals surface area contributed by atoms with Crippen molar-refractivity contribution in [1.29, 1.82) is 0 Å². The van der Waals surface area contributed by atoms with Crippen molar-refractivity contribution in [3.63, 3.8) is 0 Å². The molecule has 0 heterocycles. The summed E-state index contributed by atoms with van der Waals surface area (Å²) in [6.07, 6.45) is 14.8. The highest BCUT2D eigenvalue weighted by molar-refractivity contribution is 5.19. The van der Waals surface area contributed by atoms with Gasteiger partial charge in [-0.05, 0) is 37.2 Å². The smallest absolute Gasteiger partial charge is 0.0466 e. The van der Waals surface area contributed by atoms with Gasteiger partial charge in [0.25, 0.3) is 0 Å². The summed E-state index contributed by atoms with van der Waals surface area (Å²) in [5.74, 6) is 0.861. The predicted octanol–water partition coefficient (Wildman–Crippen LogP) is 7.12. The van der Waals surface area contributed by atoms with E-state index in [1.54, 1.807) is 5.56 Å². The van der Waals surface area contributed by atoms with Crippen LogP contribution in [0.1, 0.15) is 96.0 Å². The minimum absolute atomic E-state index is 0.861. The van der Waals surface area contributed by atoms with E-state index in [9.17, 15) is 0 Å². The Hall–Kier alpha value is -0.820. The molecule has 0 aromatic heterocycles. The van der Waals surface area contributed by atoms with Gasteiger partial charge in [0.15, 0.2) is 0 Å². The average molecular weight is 319 g/mol. The maximum absolute atomic E-state index is 5.44. The van der Waals surface area contributed by atoms with Gasteiger partial charge >= 0.3 is 0 Å². The molecule has 0 bridgehead atoms. The van der Waals surface area contributed by atoms with Gasteiger partial charge in [-0.2, -0.15) is 0 Å². The van der Waals surface area contributed by atoms with Gasteiger partial charge in [-0.15, -0.1) is 0 Å². The van der Waals surface area contributed by atoms with E-state index in [4.69, 9.17) is 4.74 Å². The molecular formula is C22H38O. The maximum atomic E-state index is 5.44. The summed E-state index contributed by atoms with van der Waals surface area (Å²) in [4.78, 5) is 0. The van der Waals surface area contributed by atoms with E-state index in [0.29, 0.717) is 0 Å². The third-order valence-corrected chi connectivity index (χ3v) is 4.66. The molecule has 0 unspecified atom stereocenters. The van der Waals surface area contributed by atoms with Crippen molar-refractivity contribution >= 4 is 0 Å². The van der Waals surface area contributed by atoms with Gasteiger partial charge in [0.05, 0.1) is 0 Å². The topological polar surface area (TPSA) is 9.23 Å². The first-order valence-corrected chi connectivity index (χ1v) is 10.0. The second-order valence-corrected chi connectivity index (χ2v) is 6.77. The summed E-state index contributed by atoms with van der Waals surface area (Å²) in [7, 11) is 0. The number of hydrogen-bond donors (Lipinski definition) is 0. The number of ether oxygens (including phenoxy) is 1. The van der Waals surface area contributed by atoms with Crippen LogP contribution in [0.25, 0.3) is 0 Å². The van der Waals surface area contributed by atoms with Crippen LogP contribution in [0.2, 0.25) is 0 Å². The molecule has 0 saturated heterocycles. The number of unbranched alkanes of at least 4 members (excludes halogenated alkanes) is 4. The molecule has 0 N–H and O–H groups in total. The van der Waals surface area contributed by atoms with Crippen LogP contribution in [0.4, 0.5) is 0 Å². The molecule has 0 atom stereocenters. The molecule has 1 heteroatoms. The zero-order chi connectivity index (χ0) is 16.6. The zero-order valence-corrected chi connectivity index (χ0v) is 15.6. The fraction of sp³-hybridized carbons (Fsp3) is 0.727. The summed E-state index contributed by atoms with van der Waals surface area (Å²) in [5.41, 5.74) is 1.55. The Morgan fingerprint density at radius 1 is 0.783 bits per heavy atom. The second-order valence-electron chi connectivity index (χ2n) is 6.77. The molecule has 1 aliphatic rings. The largest absolute Gasteiger partial charge is 0.381 e. The lowest BCUT2D eigenvalue weighted by Gasteiger charge is -2.21. The number of rotatable bonds is 9. The Bertz CT molecular complexity index is 332. The Morgan fingerprint density at radius 2 is 1.35 bits per heavy atom. The van der Waals surface area contributed by atoms with Crippen molar-refractivity contribution < 1.29 is 4.74 Å². The van der Waals surface area contributed by atoms with Crippen LogP contribution < -0.4 is 0 Å². The number of benzene rings is 1. The van der Waals surface area contributed by atoms with Gasteiger partial charge in [-0.25, -0.2) is 0 Å².